The van der Waals surface area contributed by atoms with Crippen LogP contribution in [-0.4, -0.2) is 14.5 Å². The van der Waals surface area contributed by atoms with Crippen molar-refractivity contribution in [3.8, 4) is 0 Å². The normalized spacial score (nSPS) is 11.1. The van der Waals surface area contributed by atoms with Crippen LogP contribution in [0.1, 0.15) is 5.69 Å². The highest BCUT2D eigenvalue weighted by Gasteiger charge is 2.05. The van der Waals surface area contributed by atoms with E-state index in [0.29, 0.717) is 0 Å². The zero-order valence-corrected chi connectivity index (χ0v) is 7.89. The second kappa shape index (κ2) is 2.58. The number of thiazole rings is 1. The highest BCUT2D eigenvalue weighted by Crippen LogP contribution is 2.21. The summed E-state index contributed by atoms with van der Waals surface area (Å²) in [4.78, 5) is 5.01. The molecule has 0 aliphatic carbocycles. The zero-order chi connectivity index (χ0) is 7.84. The monoisotopic (exact) mass is 232 g/mol. The molecular formula is C6H5BrN2OS. The van der Waals surface area contributed by atoms with Gasteiger partial charge in [-0.1, -0.05) is 0 Å². The fourth-order valence-electron chi connectivity index (χ4n) is 0.945. The van der Waals surface area contributed by atoms with Crippen molar-refractivity contribution >= 4 is 32.2 Å². The molecule has 3 nitrogen and oxygen atoms in total. The fraction of sp³-hybridized carbons (Fsp3) is 0.167. The lowest BCUT2D eigenvalue weighted by Gasteiger charge is -1.92. The van der Waals surface area contributed by atoms with Gasteiger partial charge in [0.1, 0.15) is 4.60 Å². The molecule has 1 N–H and O–H groups in total. The minimum atomic E-state index is 0.0243. The van der Waals surface area contributed by atoms with E-state index in [9.17, 15) is 0 Å². The van der Waals surface area contributed by atoms with E-state index in [0.717, 1.165) is 15.3 Å². The SMILES string of the molecule is OCc1cnc2scc(Br)n12. The first-order valence-electron chi connectivity index (χ1n) is 3.03. The maximum absolute atomic E-state index is 8.89. The average molecular weight is 233 g/mol. The first-order valence-corrected chi connectivity index (χ1v) is 4.70. The van der Waals surface area contributed by atoms with Crippen LogP contribution in [0.2, 0.25) is 0 Å². The van der Waals surface area contributed by atoms with E-state index in [2.05, 4.69) is 20.9 Å². The van der Waals surface area contributed by atoms with Gasteiger partial charge in [-0.2, -0.15) is 0 Å². The fourth-order valence-corrected chi connectivity index (χ4v) is 2.48. The zero-order valence-electron chi connectivity index (χ0n) is 5.49. The Bertz CT molecular complexity index is 381. The van der Waals surface area contributed by atoms with Gasteiger partial charge in [0.25, 0.3) is 0 Å². The van der Waals surface area contributed by atoms with E-state index >= 15 is 0 Å². The molecule has 58 valence electrons. The lowest BCUT2D eigenvalue weighted by atomic mass is 10.5. The van der Waals surface area contributed by atoms with Gasteiger partial charge in [0.15, 0.2) is 4.96 Å². The van der Waals surface area contributed by atoms with Crippen LogP contribution in [0.3, 0.4) is 0 Å². The summed E-state index contributed by atoms with van der Waals surface area (Å²) in [5.74, 6) is 0. The largest absolute Gasteiger partial charge is 0.390 e. The number of hydrogen-bond donors (Lipinski definition) is 1. The third-order valence-electron chi connectivity index (χ3n) is 1.44. The summed E-state index contributed by atoms with van der Waals surface area (Å²) in [6, 6.07) is 0. The number of hydrogen-bond acceptors (Lipinski definition) is 3. The molecule has 0 aromatic carbocycles. The summed E-state index contributed by atoms with van der Waals surface area (Å²) in [6.45, 7) is 0.0243. The Kier molecular flexibility index (Phi) is 1.71. The van der Waals surface area contributed by atoms with E-state index < -0.39 is 0 Å². The molecule has 2 heterocycles. The third-order valence-corrected chi connectivity index (χ3v) is 3.17. The molecule has 2 rings (SSSR count). The standard InChI is InChI=1S/C6H5BrN2OS/c7-5-3-11-6-8-1-4(2-10)9(5)6/h1,3,10H,2H2. The van der Waals surface area contributed by atoms with Crippen LogP contribution in [0.25, 0.3) is 4.96 Å². The van der Waals surface area contributed by atoms with Gasteiger partial charge in [-0.05, 0) is 15.9 Å². The number of imidazole rings is 1. The van der Waals surface area contributed by atoms with E-state index in [1.54, 1.807) is 17.5 Å². The van der Waals surface area contributed by atoms with Gasteiger partial charge in [0.05, 0.1) is 18.5 Å². The molecule has 0 atom stereocenters. The molecule has 0 bridgehead atoms. The quantitative estimate of drug-likeness (QED) is 0.813. The Hall–Kier alpha value is -0.390. The molecule has 0 radical (unpaired) electrons. The summed E-state index contributed by atoms with van der Waals surface area (Å²) in [6.07, 6.45) is 1.68. The van der Waals surface area contributed by atoms with E-state index in [-0.39, 0.29) is 6.61 Å². The Morgan fingerprint density at radius 1 is 1.73 bits per heavy atom. The molecule has 2 aromatic heterocycles. The van der Waals surface area contributed by atoms with Crippen molar-refractivity contribution in [1.82, 2.24) is 9.38 Å². The topological polar surface area (TPSA) is 37.5 Å². The smallest absolute Gasteiger partial charge is 0.194 e. The molecule has 0 unspecified atom stereocenters. The van der Waals surface area contributed by atoms with Crippen LogP contribution in [0.15, 0.2) is 16.2 Å². The van der Waals surface area contributed by atoms with Crippen molar-refractivity contribution in [2.24, 2.45) is 0 Å². The molecular weight excluding hydrogens is 228 g/mol. The van der Waals surface area contributed by atoms with Crippen LogP contribution in [0.4, 0.5) is 0 Å². The Morgan fingerprint density at radius 3 is 3.27 bits per heavy atom. The number of rotatable bonds is 1. The molecule has 0 fully saturated rings. The summed E-state index contributed by atoms with van der Waals surface area (Å²) in [5, 5.41) is 10.8. The van der Waals surface area contributed by atoms with Gasteiger partial charge in [0, 0.05) is 5.38 Å². The minimum absolute atomic E-state index is 0.0243. The van der Waals surface area contributed by atoms with Crippen LogP contribution < -0.4 is 0 Å². The van der Waals surface area contributed by atoms with Crippen LogP contribution in [0.5, 0.6) is 0 Å². The van der Waals surface area contributed by atoms with Crippen molar-refractivity contribution in [2.45, 2.75) is 6.61 Å². The predicted octanol–water partition coefficient (Wildman–Crippen LogP) is 1.65. The first kappa shape index (κ1) is 7.27. The molecule has 2 aromatic rings. The number of nitrogens with zero attached hydrogens (tertiary/aromatic N) is 2. The van der Waals surface area contributed by atoms with Gasteiger partial charge >= 0.3 is 0 Å². The molecule has 0 aliphatic rings. The van der Waals surface area contributed by atoms with Crippen LogP contribution in [0, 0.1) is 0 Å². The summed E-state index contributed by atoms with van der Waals surface area (Å²) in [5.41, 5.74) is 0.813. The first-order chi connectivity index (χ1) is 5.33. The Labute approximate surface area is 75.4 Å². The van der Waals surface area contributed by atoms with Crippen molar-refractivity contribution in [1.29, 1.82) is 0 Å². The van der Waals surface area contributed by atoms with E-state index in [1.807, 2.05) is 9.78 Å². The number of aromatic nitrogens is 2. The molecule has 0 aliphatic heterocycles. The Morgan fingerprint density at radius 2 is 2.55 bits per heavy atom. The highest BCUT2D eigenvalue weighted by atomic mass is 79.9. The minimum Gasteiger partial charge on any atom is -0.390 e. The second-order valence-electron chi connectivity index (χ2n) is 2.08. The molecule has 0 amide bonds. The van der Waals surface area contributed by atoms with Gasteiger partial charge in [-0.15, -0.1) is 11.3 Å². The summed E-state index contributed by atoms with van der Waals surface area (Å²) >= 11 is 4.90. The third kappa shape index (κ3) is 0.998. The number of halogens is 1. The molecule has 0 saturated heterocycles. The second-order valence-corrected chi connectivity index (χ2v) is 3.73. The lowest BCUT2D eigenvalue weighted by Crippen LogP contribution is -1.88. The van der Waals surface area contributed by atoms with Gasteiger partial charge in [-0.25, -0.2) is 4.98 Å². The molecule has 0 saturated carbocycles. The predicted molar refractivity (Wildman–Crippen MR) is 46.7 cm³/mol. The van der Waals surface area contributed by atoms with Crippen molar-refractivity contribution in [2.75, 3.05) is 0 Å². The van der Waals surface area contributed by atoms with E-state index in [4.69, 9.17) is 5.11 Å². The Balaban J connectivity index is 2.80. The van der Waals surface area contributed by atoms with Gasteiger partial charge in [-0.3, -0.25) is 4.40 Å². The van der Waals surface area contributed by atoms with Gasteiger partial charge < -0.3 is 5.11 Å². The maximum Gasteiger partial charge on any atom is 0.194 e. The number of aliphatic hydroxyl groups is 1. The van der Waals surface area contributed by atoms with Crippen LogP contribution >= 0.6 is 27.3 Å². The average Bonchev–Trinajstić information content (AvgIpc) is 2.54. The number of fused-ring (bicyclic) bond motifs is 1. The molecule has 5 heteroatoms. The maximum atomic E-state index is 8.89. The lowest BCUT2D eigenvalue weighted by molar-refractivity contribution is 0.275. The van der Waals surface area contributed by atoms with Crippen molar-refractivity contribution < 1.29 is 5.11 Å². The molecule has 0 spiro atoms. The summed E-state index contributed by atoms with van der Waals surface area (Å²) < 4.78 is 2.82. The van der Waals surface area contributed by atoms with Gasteiger partial charge in [0.2, 0.25) is 0 Å². The van der Waals surface area contributed by atoms with Crippen molar-refractivity contribution in [3.63, 3.8) is 0 Å². The summed E-state index contributed by atoms with van der Waals surface area (Å²) in [7, 11) is 0. The number of aliphatic hydroxyl groups excluding tert-OH is 1. The highest BCUT2D eigenvalue weighted by molar-refractivity contribution is 9.10. The molecule has 11 heavy (non-hydrogen) atoms. The van der Waals surface area contributed by atoms with Crippen LogP contribution in [-0.2, 0) is 6.61 Å². The van der Waals surface area contributed by atoms with E-state index in [1.165, 1.54) is 0 Å². The van der Waals surface area contributed by atoms with Crippen molar-refractivity contribution in [3.05, 3.63) is 21.9 Å².